The maximum Gasteiger partial charge on any atom is 0.433 e. The standard InChI is InChI=1S/C21H21F3N6O2/c1-10-13(20(5-6-20)12-3-4-16(26-8-12)21(22,23)24)9-27-17(10)19(32)28-11(2)14-7-15(18(25)31)30-29-14/h3-4,7-9,11,27H,5-6H2,1-2H3,(H2,25,31)(H,28,32)(H,29,30). The van der Waals surface area contributed by atoms with Gasteiger partial charge in [-0.25, -0.2) is 0 Å². The van der Waals surface area contributed by atoms with Crippen LogP contribution in [0, 0.1) is 6.92 Å². The maximum absolute atomic E-state index is 12.8. The molecule has 1 saturated carbocycles. The summed E-state index contributed by atoms with van der Waals surface area (Å²) >= 11 is 0. The second-order valence-corrected chi connectivity index (χ2v) is 7.98. The number of rotatable bonds is 6. The minimum atomic E-state index is -4.49. The Bertz CT molecular complexity index is 1180. The first-order chi connectivity index (χ1) is 15.0. The molecule has 8 nitrogen and oxygen atoms in total. The molecule has 3 aromatic heterocycles. The summed E-state index contributed by atoms with van der Waals surface area (Å²) in [4.78, 5) is 30.6. The highest BCUT2D eigenvalue weighted by Crippen LogP contribution is 2.54. The number of carbonyl (C=O) groups is 2. The van der Waals surface area contributed by atoms with Gasteiger partial charge in [-0.05, 0) is 55.5 Å². The Balaban J connectivity index is 1.54. The highest BCUT2D eigenvalue weighted by molar-refractivity contribution is 5.95. The fourth-order valence-corrected chi connectivity index (χ4v) is 3.94. The van der Waals surface area contributed by atoms with Crippen molar-refractivity contribution in [3.8, 4) is 0 Å². The summed E-state index contributed by atoms with van der Waals surface area (Å²) in [5, 5.41) is 9.29. The van der Waals surface area contributed by atoms with Crippen LogP contribution in [0.1, 0.15) is 74.9 Å². The normalized spacial score (nSPS) is 15.9. The highest BCUT2D eigenvalue weighted by atomic mass is 19.4. The molecule has 0 aromatic carbocycles. The topological polar surface area (TPSA) is 130 Å². The lowest BCUT2D eigenvalue weighted by molar-refractivity contribution is -0.141. The second-order valence-electron chi connectivity index (χ2n) is 7.98. The van der Waals surface area contributed by atoms with Gasteiger partial charge in [-0.1, -0.05) is 6.07 Å². The number of aromatic amines is 2. The van der Waals surface area contributed by atoms with Gasteiger partial charge in [0.1, 0.15) is 17.1 Å². The molecule has 2 amide bonds. The van der Waals surface area contributed by atoms with Crippen LogP contribution in [0.5, 0.6) is 0 Å². The predicted octanol–water partition coefficient (Wildman–Crippen LogP) is 3.13. The van der Waals surface area contributed by atoms with E-state index in [2.05, 4.69) is 25.5 Å². The number of pyridine rings is 1. The molecule has 1 unspecified atom stereocenters. The molecule has 0 radical (unpaired) electrons. The number of carbonyl (C=O) groups excluding carboxylic acids is 2. The SMILES string of the molecule is Cc1c(C2(c3ccc(C(F)(F)F)nc3)CC2)c[nH]c1C(=O)NC(C)c1cc(C(N)=O)n[nH]1. The molecular formula is C21H21F3N6O2. The van der Waals surface area contributed by atoms with Crippen molar-refractivity contribution < 1.29 is 22.8 Å². The van der Waals surface area contributed by atoms with Gasteiger partial charge in [0.15, 0.2) is 0 Å². The van der Waals surface area contributed by atoms with Gasteiger partial charge in [0, 0.05) is 17.8 Å². The molecule has 11 heteroatoms. The first kappa shape index (κ1) is 21.6. The molecule has 1 aliphatic carbocycles. The summed E-state index contributed by atoms with van der Waals surface area (Å²) in [6.45, 7) is 3.52. The zero-order chi connectivity index (χ0) is 23.3. The van der Waals surface area contributed by atoms with E-state index in [4.69, 9.17) is 5.73 Å². The lowest BCUT2D eigenvalue weighted by atomic mass is 9.88. The van der Waals surface area contributed by atoms with Crippen molar-refractivity contribution >= 4 is 11.8 Å². The average Bonchev–Trinajstić information content (AvgIpc) is 3.19. The Hall–Kier alpha value is -3.63. The largest absolute Gasteiger partial charge is 0.433 e. The van der Waals surface area contributed by atoms with E-state index in [9.17, 15) is 22.8 Å². The highest BCUT2D eigenvalue weighted by Gasteiger charge is 2.48. The van der Waals surface area contributed by atoms with Crippen LogP contribution in [0.4, 0.5) is 13.2 Å². The van der Waals surface area contributed by atoms with Gasteiger partial charge in [-0.2, -0.15) is 18.3 Å². The zero-order valence-electron chi connectivity index (χ0n) is 17.3. The fourth-order valence-electron chi connectivity index (χ4n) is 3.94. The Morgan fingerprint density at radius 3 is 2.53 bits per heavy atom. The van der Waals surface area contributed by atoms with Crippen LogP contribution in [0.3, 0.4) is 0 Å². The van der Waals surface area contributed by atoms with Crippen LogP contribution >= 0.6 is 0 Å². The van der Waals surface area contributed by atoms with Gasteiger partial charge in [0.25, 0.3) is 11.8 Å². The number of halogens is 3. The molecule has 3 heterocycles. The Morgan fingerprint density at radius 1 is 1.28 bits per heavy atom. The number of hydrogen-bond donors (Lipinski definition) is 4. The van der Waals surface area contributed by atoms with E-state index in [1.165, 1.54) is 18.3 Å². The quantitative estimate of drug-likeness (QED) is 0.464. The molecule has 0 bridgehead atoms. The van der Waals surface area contributed by atoms with E-state index in [0.717, 1.165) is 30.0 Å². The molecule has 1 atom stereocenters. The molecule has 32 heavy (non-hydrogen) atoms. The summed E-state index contributed by atoms with van der Waals surface area (Å²) in [6, 6.07) is 3.43. The molecule has 168 valence electrons. The van der Waals surface area contributed by atoms with Crippen LogP contribution in [0.25, 0.3) is 0 Å². The summed E-state index contributed by atoms with van der Waals surface area (Å²) in [5.74, 6) is -1.04. The number of nitrogens with two attached hydrogens (primary N) is 1. The molecule has 0 spiro atoms. The van der Waals surface area contributed by atoms with Crippen molar-refractivity contribution in [1.29, 1.82) is 0 Å². The van der Waals surface area contributed by atoms with Crippen LogP contribution in [0.15, 0.2) is 30.6 Å². The second kappa shape index (κ2) is 7.50. The van der Waals surface area contributed by atoms with Crippen molar-refractivity contribution in [3.05, 3.63) is 70.1 Å². The third-order valence-electron chi connectivity index (χ3n) is 5.90. The molecule has 4 rings (SSSR count). The van der Waals surface area contributed by atoms with Gasteiger partial charge in [0.2, 0.25) is 0 Å². The average molecular weight is 446 g/mol. The molecule has 0 aliphatic heterocycles. The van der Waals surface area contributed by atoms with E-state index < -0.39 is 29.2 Å². The third kappa shape index (κ3) is 3.74. The first-order valence-corrected chi connectivity index (χ1v) is 9.91. The van der Waals surface area contributed by atoms with Gasteiger partial charge < -0.3 is 16.0 Å². The van der Waals surface area contributed by atoms with E-state index in [0.29, 0.717) is 17.0 Å². The fraction of sp³-hybridized carbons (Fsp3) is 0.333. The van der Waals surface area contributed by atoms with Gasteiger partial charge >= 0.3 is 6.18 Å². The number of nitrogens with zero attached hydrogens (tertiary/aromatic N) is 2. The maximum atomic E-state index is 12.8. The van der Waals surface area contributed by atoms with Gasteiger partial charge in [0.05, 0.1) is 11.7 Å². The first-order valence-electron chi connectivity index (χ1n) is 9.91. The summed E-state index contributed by atoms with van der Waals surface area (Å²) in [5.41, 5.74) is 7.00. The number of primary amides is 1. The van der Waals surface area contributed by atoms with Crippen LogP contribution < -0.4 is 11.1 Å². The van der Waals surface area contributed by atoms with E-state index in [-0.39, 0.29) is 11.6 Å². The van der Waals surface area contributed by atoms with E-state index >= 15 is 0 Å². The molecule has 1 fully saturated rings. The third-order valence-corrected chi connectivity index (χ3v) is 5.90. The molecular weight excluding hydrogens is 425 g/mol. The van der Waals surface area contributed by atoms with Crippen molar-refractivity contribution in [2.24, 2.45) is 5.73 Å². The Morgan fingerprint density at radius 2 is 2.00 bits per heavy atom. The van der Waals surface area contributed by atoms with Crippen LogP contribution in [0.2, 0.25) is 0 Å². The number of H-pyrrole nitrogens is 2. The zero-order valence-corrected chi connectivity index (χ0v) is 17.3. The number of aromatic nitrogens is 4. The van der Waals surface area contributed by atoms with E-state index in [1.54, 1.807) is 20.0 Å². The van der Waals surface area contributed by atoms with E-state index in [1.807, 2.05) is 0 Å². The summed E-state index contributed by atoms with van der Waals surface area (Å²) < 4.78 is 38.5. The minimum absolute atomic E-state index is 0.0697. The van der Waals surface area contributed by atoms with Crippen molar-refractivity contribution in [2.75, 3.05) is 0 Å². The monoisotopic (exact) mass is 446 g/mol. The minimum Gasteiger partial charge on any atom is -0.364 e. The lowest BCUT2D eigenvalue weighted by Crippen LogP contribution is -2.28. The van der Waals surface area contributed by atoms with Gasteiger partial charge in [-0.3, -0.25) is 19.7 Å². The Labute approximate surface area is 180 Å². The van der Waals surface area contributed by atoms with Crippen LogP contribution in [-0.4, -0.2) is 32.0 Å². The van der Waals surface area contributed by atoms with Crippen molar-refractivity contribution in [2.45, 2.75) is 44.3 Å². The molecule has 1 aliphatic rings. The molecule has 3 aromatic rings. The Kier molecular flexibility index (Phi) is 5.06. The van der Waals surface area contributed by atoms with Gasteiger partial charge in [-0.15, -0.1) is 0 Å². The lowest BCUT2D eigenvalue weighted by Gasteiger charge is -2.17. The molecule has 0 saturated heterocycles. The number of alkyl halides is 3. The van der Waals surface area contributed by atoms with Crippen molar-refractivity contribution in [1.82, 2.24) is 25.5 Å². The summed E-state index contributed by atoms with van der Waals surface area (Å²) in [7, 11) is 0. The predicted molar refractivity (Wildman–Crippen MR) is 108 cm³/mol. The number of nitrogens with one attached hydrogen (secondary N) is 3. The smallest absolute Gasteiger partial charge is 0.364 e. The van der Waals surface area contributed by atoms with Crippen LogP contribution in [-0.2, 0) is 11.6 Å². The number of hydrogen-bond acceptors (Lipinski definition) is 4. The summed E-state index contributed by atoms with van der Waals surface area (Å²) in [6.07, 6.45) is -0.00580. The van der Waals surface area contributed by atoms with Crippen molar-refractivity contribution in [3.63, 3.8) is 0 Å². The number of amides is 2. The molecule has 5 N–H and O–H groups in total.